The molecule has 1 aromatic heterocycles. The number of fused-ring (bicyclic) bond motifs is 1. The lowest BCUT2D eigenvalue weighted by atomic mass is 10.0. The zero-order valence-corrected chi connectivity index (χ0v) is 12.5. The number of hydrogen-bond donors (Lipinski definition) is 1. The van der Waals surface area contributed by atoms with Crippen molar-refractivity contribution in [1.29, 1.82) is 0 Å². The van der Waals surface area contributed by atoms with Crippen molar-refractivity contribution in [2.75, 3.05) is 14.2 Å². The highest BCUT2D eigenvalue weighted by Gasteiger charge is 2.11. The molecule has 0 aliphatic rings. The molecule has 0 spiro atoms. The quantitative estimate of drug-likeness (QED) is 0.801. The summed E-state index contributed by atoms with van der Waals surface area (Å²) in [6.45, 7) is 0.520. The monoisotopic (exact) mass is 295 g/mol. The van der Waals surface area contributed by atoms with Gasteiger partial charge < -0.3 is 15.2 Å². The minimum absolute atomic E-state index is 0.520. The minimum Gasteiger partial charge on any atom is -0.493 e. The van der Waals surface area contributed by atoms with Crippen molar-refractivity contribution < 1.29 is 9.47 Å². The second kappa shape index (κ2) is 5.99. The van der Waals surface area contributed by atoms with Crippen LogP contribution >= 0.6 is 0 Å². The van der Waals surface area contributed by atoms with Crippen LogP contribution in [0.2, 0.25) is 0 Å². The fourth-order valence-electron chi connectivity index (χ4n) is 2.42. The van der Waals surface area contributed by atoms with Crippen molar-refractivity contribution in [1.82, 2.24) is 10.2 Å². The second-order valence-corrected chi connectivity index (χ2v) is 4.89. The smallest absolute Gasteiger partial charge is 0.161 e. The van der Waals surface area contributed by atoms with E-state index in [0.29, 0.717) is 18.0 Å². The van der Waals surface area contributed by atoms with E-state index in [9.17, 15) is 0 Å². The molecule has 0 radical (unpaired) electrons. The van der Waals surface area contributed by atoms with Crippen molar-refractivity contribution in [3.8, 4) is 22.8 Å². The van der Waals surface area contributed by atoms with Gasteiger partial charge in [0, 0.05) is 22.9 Å². The van der Waals surface area contributed by atoms with Crippen molar-refractivity contribution in [3.63, 3.8) is 0 Å². The molecule has 5 heteroatoms. The number of hydrogen-bond acceptors (Lipinski definition) is 5. The molecule has 0 atom stereocenters. The molecule has 0 bridgehead atoms. The summed E-state index contributed by atoms with van der Waals surface area (Å²) < 4.78 is 10.7. The standard InChI is InChI=1S/C17H17N3O2/c1-21-15-7-13-10-19-20-17(14(13)8-16(15)22-2)12-5-3-11(9-18)4-6-12/h3-8,10H,9,18H2,1-2H3. The van der Waals surface area contributed by atoms with Gasteiger partial charge >= 0.3 is 0 Å². The third kappa shape index (κ3) is 2.46. The maximum absolute atomic E-state index is 5.64. The molecule has 112 valence electrons. The van der Waals surface area contributed by atoms with E-state index in [2.05, 4.69) is 10.2 Å². The van der Waals surface area contributed by atoms with Crippen molar-refractivity contribution in [3.05, 3.63) is 48.2 Å². The van der Waals surface area contributed by atoms with E-state index in [-0.39, 0.29) is 0 Å². The Morgan fingerprint density at radius 3 is 2.32 bits per heavy atom. The molecular formula is C17H17N3O2. The summed E-state index contributed by atoms with van der Waals surface area (Å²) in [4.78, 5) is 0. The van der Waals surface area contributed by atoms with E-state index in [1.165, 1.54) is 0 Å². The lowest BCUT2D eigenvalue weighted by molar-refractivity contribution is 0.356. The van der Waals surface area contributed by atoms with E-state index in [4.69, 9.17) is 15.2 Å². The molecule has 3 aromatic rings. The number of nitrogens with zero attached hydrogens (tertiary/aromatic N) is 2. The van der Waals surface area contributed by atoms with Crippen molar-refractivity contribution >= 4 is 10.8 Å². The molecule has 0 unspecified atom stereocenters. The third-order valence-corrected chi connectivity index (χ3v) is 3.63. The maximum atomic E-state index is 5.64. The highest BCUT2D eigenvalue weighted by Crippen LogP contribution is 2.35. The van der Waals surface area contributed by atoms with Crippen LogP contribution < -0.4 is 15.2 Å². The van der Waals surface area contributed by atoms with E-state index in [1.807, 2.05) is 36.4 Å². The Labute approximate surface area is 128 Å². The van der Waals surface area contributed by atoms with Gasteiger partial charge in [-0.2, -0.15) is 5.10 Å². The van der Waals surface area contributed by atoms with Crippen LogP contribution in [0, 0.1) is 0 Å². The topological polar surface area (TPSA) is 70.3 Å². The van der Waals surface area contributed by atoms with E-state index in [1.54, 1.807) is 20.4 Å². The summed E-state index contributed by atoms with van der Waals surface area (Å²) in [5.41, 5.74) is 8.52. The molecule has 0 aliphatic carbocycles. The minimum atomic E-state index is 0.520. The van der Waals surface area contributed by atoms with E-state index < -0.39 is 0 Å². The molecule has 2 aromatic carbocycles. The van der Waals surface area contributed by atoms with Gasteiger partial charge in [-0.25, -0.2) is 0 Å². The number of ether oxygens (including phenoxy) is 2. The first kappa shape index (κ1) is 14.3. The van der Waals surface area contributed by atoms with Crippen molar-refractivity contribution in [2.45, 2.75) is 6.54 Å². The molecule has 22 heavy (non-hydrogen) atoms. The zero-order valence-electron chi connectivity index (χ0n) is 12.5. The van der Waals surface area contributed by atoms with Crippen LogP contribution in [0.1, 0.15) is 5.56 Å². The number of benzene rings is 2. The average molecular weight is 295 g/mol. The predicted molar refractivity (Wildman–Crippen MR) is 86.0 cm³/mol. The SMILES string of the molecule is COc1cc2cnnc(-c3ccc(CN)cc3)c2cc1OC. The molecule has 0 amide bonds. The first-order valence-electron chi connectivity index (χ1n) is 6.93. The highest BCUT2D eigenvalue weighted by atomic mass is 16.5. The maximum Gasteiger partial charge on any atom is 0.161 e. The van der Waals surface area contributed by atoms with Gasteiger partial charge in [0.2, 0.25) is 0 Å². The molecule has 0 saturated carbocycles. The molecule has 0 aliphatic heterocycles. The summed E-state index contributed by atoms with van der Waals surface area (Å²) in [5, 5.41) is 10.3. The van der Waals surface area contributed by atoms with Gasteiger partial charge in [0.15, 0.2) is 11.5 Å². The van der Waals surface area contributed by atoms with Gasteiger partial charge in [0.05, 0.1) is 20.4 Å². The van der Waals surface area contributed by atoms with Crippen molar-refractivity contribution in [2.24, 2.45) is 5.73 Å². The zero-order chi connectivity index (χ0) is 15.5. The van der Waals surface area contributed by atoms with Gasteiger partial charge in [-0.05, 0) is 17.7 Å². The predicted octanol–water partition coefficient (Wildman–Crippen LogP) is 2.77. The lowest BCUT2D eigenvalue weighted by Crippen LogP contribution is -1.96. The number of rotatable bonds is 4. The largest absolute Gasteiger partial charge is 0.493 e. The van der Waals surface area contributed by atoms with E-state index >= 15 is 0 Å². The molecule has 0 saturated heterocycles. The Balaban J connectivity index is 2.20. The molecule has 2 N–H and O–H groups in total. The third-order valence-electron chi connectivity index (χ3n) is 3.63. The van der Waals surface area contributed by atoms with Crippen LogP contribution in [0.4, 0.5) is 0 Å². The molecule has 5 nitrogen and oxygen atoms in total. The summed E-state index contributed by atoms with van der Waals surface area (Å²) in [7, 11) is 3.23. The summed E-state index contributed by atoms with van der Waals surface area (Å²) in [6, 6.07) is 11.8. The lowest BCUT2D eigenvalue weighted by Gasteiger charge is -2.11. The van der Waals surface area contributed by atoms with Crippen LogP contribution in [-0.4, -0.2) is 24.4 Å². The number of methoxy groups -OCH3 is 2. The second-order valence-electron chi connectivity index (χ2n) is 4.89. The summed E-state index contributed by atoms with van der Waals surface area (Å²) >= 11 is 0. The van der Waals surface area contributed by atoms with Gasteiger partial charge in [-0.15, -0.1) is 5.10 Å². The number of aromatic nitrogens is 2. The summed E-state index contributed by atoms with van der Waals surface area (Å²) in [5.74, 6) is 1.34. The van der Waals surface area contributed by atoms with E-state index in [0.717, 1.165) is 27.6 Å². The van der Waals surface area contributed by atoms with Gasteiger partial charge in [-0.1, -0.05) is 24.3 Å². The van der Waals surface area contributed by atoms with Crippen LogP contribution in [0.15, 0.2) is 42.6 Å². The fraction of sp³-hybridized carbons (Fsp3) is 0.176. The van der Waals surface area contributed by atoms with Gasteiger partial charge in [0.25, 0.3) is 0 Å². The van der Waals surface area contributed by atoms with Gasteiger partial charge in [0.1, 0.15) is 5.69 Å². The van der Waals surface area contributed by atoms with Crippen LogP contribution in [-0.2, 0) is 6.54 Å². The molecule has 1 heterocycles. The van der Waals surface area contributed by atoms with Crippen LogP contribution in [0.25, 0.3) is 22.0 Å². The first-order chi connectivity index (χ1) is 10.8. The molecule has 0 fully saturated rings. The Morgan fingerprint density at radius 1 is 1.00 bits per heavy atom. The number of nitrogens with two attached hydrogens (primary N) is 1. The Hall–Kier alpha value is -2.66. The normalized spacial score (nSPS) is 10.7. The Morgan fingerprint density at radius 2 is 1.68 bits per heavy atom. The Kier molecular flexibility index (Phi) is 3.89. The molecule has 3 rings (SSSR count). The summed E-state index contributed by atoms with van der Waals surface area (Å²) in [6.07, 6.45) is 1.72. The highest BCUT2D eigenvalue weighted by molar-refractivity contribution is 5.95. The average Bonchev–Trinajstić information content (AvgIpc) is 2.60. The first-order valence-corrected chi connectivity index (χ1v) is 6.93. The van der Waals surface area contributed by atoms with Gasteiger partial charge in [-0.3, -0.25) is 0 Å². The fourth-order valence-corrected chi connectivity index (χ4v) is 2.42. The van der Waals surface area contributed by atoms with Crippen LogP contribution in [0.5, 0.6) is 11.5 Å². The molecular weight excluding hydrogens is 278 g/mol. The van der Waals surface area contributed by atoms with Crippen LogP contribution in [0.3, 0.4) is 0 Å². The Bertz CT molecular complexity index is 801.